The largest absolute Gasteiger partial charge is 0.313 e. The molecule has 1 saturated carbocycles. The molecule has 1 aromatic rings. The quantitative estimate of drug-likeness (QED) is 0.758. The molecule has 1 fully saturated rings. The minimum Gasteiger partial charge on any atom is -0.313 e. The van der Waals surface area contributed by atoms with E-state index in [1.54, 1.807) is 4.88 Å². The average Bonchev–Trinajstić information content (AvgIpc) is 3.05. The highest BCUT2D eigenvalue weighted by molar-refractivity contribution is 7.09. The van der Waals surface area contributed by atoms with Crippen LogP contribution in [0.4, 0.5) is 0 Å². The van der Waals surface area contributed by atoms with Gasteiger partial charge in [0.25, 0.3) is 0 Å². The number of rotatable bonds is 7. The number of hydrogen-bond acceptors (Lipinski definition) is 2. The summed E-state index contributed by atoms with van der Waals surface area (Å²) >= 11 is 1.91. The summed E-state index contributed by atoms with van der Waals surface area (Å²) in [5.41, 5.74) is 0.569. The molecule has 1 atom stereocenters. The van der Waals surface area contributed by atoms with Gasteiger partial charge in [-0.3, -0.25) is 0 Å². The fraction of sp³-hybridized carbons (Fsp3) is 0.750. The van der Waals surface area contributed by atoms with Crippen LogP contribution in [0.1, 0.15) is 57.2 Å². The van der Waals surface area contributed by atoms with Crippen LogP contribution in [-0.2, 0) is 6.42 Å². The second-order valence-electron chi connectivity index (χ2n) is 5.71. The van der Waals surface area contributed by atoms with Gasteiger partial charge < -0.3 is 5.32 Å². The molecule has 1 unspecified atom stereocenters. The van der Waals surface area contributed by atoms with E-state index in [4.69, 9.17) is 0 Å². The average molecular weight is 265 g/mol. The summed E-state index contributed by atoms with van der Waals surface area (Å²) in [6, 6.07) is 5.16. The van der Waals surface area contributed by atoms with E-state index in [9.17, 15) is 0 Å². The molecule has 0 spiro atoms. The van der Waals surface area contributed by atoms with E-state index in [-0.39, 0.29) is 0 Å². The minimum absolute atomic E-state index is 0.569. The second kappa shape index (κ2) is 6.72. The van der Waals surface area contributed by atoms with Crippen LogP contribution in [0.25, 0.3) is 0 Å². The van der Waals surface area contributed by atoms with E-state index >= 15 is 0 Å². The van der Waals surface area contributed by atoms with Crippen LogP contribution in [0.15, 0.2) is 17.5 Å². The molecule has 0 radical (unpaired) electrons. The Bertz CT molecular complexity index is 325. The molecule has 102 valence electrons. The topological polar surface area (TPSA) is 12.0 Å². The van der Waals surface area contributed by atoms with Gasteiger partial charge in [0.1, 0.15) is 0 Å². The van der Waals surface area contributed by atoms with Crippen LogP contribution in [0.3, 0.4) is 0 Å². The predicted octanol–water partition coefficient (Wildman–Crippen LogP) is 4.63. The third kappa shape index (κ3) is 3.16. The Labute approximate surface area is 116 Å². The van der Waals surface area contributed by atoms with Crippen molar-refractivity contribution in [2.75, 3.05) is 6.54 Å². The van der Waals surface area contributed by atoms with E-state index in [2.05, 4.69) is 36.7 Å². The molecule has 2 heteroatoms. The van der Waals surface area contributed by atoms with Gasteiger partial charge in [-0.2, -0.15) is 0 Å². The normalized spacial score (nSPS) is 20.1. The second-order valence-corrected chi connectivity index (χ2v) is 6.75. The Kier molecular flexibility index (Phi) is 5.25. The summed E-state index contributed by atoms with van der Waals surface area (Å²) in [5, 5.41) is 6.06. The molecule has 2 rings (SSSR count). The van der Waals surface area contributed by atoms with Crippen LogP contribution in [0, 0.1) is 5.41 Å². The van der Waals surface area contributed by atoms with E-state index in [0.717, 1.165) is 6.54 Å². The molecule has 1 aromatic heterocycles. The van der Waals surface area contributed by atoms with Gasteiger partial charge in [0, 0.05) is 10.9 Å². The van der Waals surface area contributed by atoms with E-state index < -0.39 is 0 Å². The maximum absolute atomic E-state index is 3.85. The lowest BCUT2D eigenvalue weighted by atomic mass is 9.74. The maximum Gasteiger partial charge on any atom is 0.0172 e. The van der Waals surface area contributed by atoms with Gasteiger partial charge in [-0.15, -0.1) is 11.3 Å². The Morgan fingerprint density at radius 1 is 1.33 bits per heavy atom. The zero-order valence-corrected chi connectivity index (χ0v) is 12.7. The Morgan fingerprint density at radius 2 is 2.11 bits per heavy atom. The summed E-state index contributed by atoms with van der Waals surface area (Å²) in [7, 11) is 0. The fourth-order valence-electron chi connectivity index (χ4n) is 3.48. The smallest absolute Gasteiger partial charge is 0.0172 e. The lowest BCUT2D eigenvalue weighted by Gasteiger charge is -2.37. The van der Waals surface area contributed by atoms with Crippen LogP contribution in [-0.4, -0.2) is 12.6 Å². The van der Waals surface area contributed by atoms with E-state index in [0.29, 0.717) is 11.5 Å². The predicted molar refractivity (Wildman–Crippen MR) is 81.3 cm³/mol. The first-order valence-electron chi connectivity index (χ1n) is 7.56. The molecule has 0 aliphatic heterocycles. The summed E-state index contributed by atoms with van der Waals surface area (Å²) in [4.78, 5) is 1.54. The fourth-order valence-corrected chi connectivity index (χ4v) is 4.23. The maximum atomic E-state index is 3.85. The summed E-state index contributed by atoms with van der Waals surface area (Å²) in [6.07, 6.45) is 9.52. The molecule has 18 heavy (non-hydrogen) atoms. The van der Waals surface area contributed by atoms with Crippen molar-refractivity contribution in [3.8, 4) is 0 Å². The monoisotopic (exact) mass is 265 g/mol. The van der Waals surface area contributed by atoms with Crippen molar-refractivity contribution in [2.45, 2.75) is 64.8 Å². The molecule has 1 N–H and O–H groups in total. The third-order valence-electron chi connectivity index (χ3n) is 4.67. The van der Waals surface area contributed by atoms with E-state index in [1.807, 2.05) is 11.3 Å². The van der Waals surface area contributed by atoms with Gasteiger partial charge in [-0.25, -0.2) is 0 Å². The van der Waals surface area contributed by atoms with Gasteiger partial charge in [-0.1, -0.05) is 32.8 Å². The zero-order valence-electron chi connectivity index (χ0n) is 11.9. The molecule has 1 heterocycles. The van der Waals surface area contributed by atoms with Crippen molar-refractivity contribution < 1.29 is 0 Å². The van der Waals surface area contributed by atoms with Crippen molar-refractivity contribution in [1.29, 1.82) is 0 Å². The Morgan fingerprint density at radius 3 is 2.67 bits per heavy atom. The standard InChI is InChI=1S/C16H27NS/c1-3-11-17-15(13-14-8-7-12-18-14)16(4-2)9-5-6-10-16/h7-8,12,15,17H,3-6,9-11,13H2,1-2H3. The van der Waals surface area contributed by atoms with Crippen LogP contribution in [0.2, 0.25) is 0 Å². The zero-order chi connectivity index (χ0) is 12.8. The Hall–Kier alpha value is -0.340. The van der Waals surface area contributed by atoms with E-state index in [1.165, 1.54) is 44.9 Å². The molecule has 1 aliphatic rings. The van der Waals surface area contributed by atoms with Crippen LogP contribution in [0.5, 0.6) is 0 Å². The highest BCUT2D eigenvalue weighted by Crippen LogP contribution is 2.45. The first-order chi connectivity index (χ1) is 8.80. The van der Waals surface area contributed by atoms with Gasteiger partial charge in [0.15, 0.2) is 0 Å². The first-order valence-corrected chi connectivity index (χ1v) is 8.44. The van der Waals surface area contributed by atoms with Gasteiger partial charge in [-0.05, 0) is 55.5 Å². The molecule has 1 aliphatic carbocycles. The molecule has 0 amide bonds. The molecule has 0 aromatic carbocycles. The molecule has 0 saturated heterocycles. The number of hydrogen-bond donors (Lipinski definition) is 1. The highest BCUT2D eigenvalue weighted by atomic mass is 32.1. The molecular weight excluding hydrogens is 238 g/mol. The van der Waals surface area contributed by atoms with Crippen molar-refractivity contribution >= 4 is 11.3 Å². The molecular formula is C16H27NS. The molecule has 0 bridgehead atoms. The van der Waals surface area contributed by atoms with Gasteiger partial charge in [0.05, 0.1) is 0 Å². The summed E-state index contributed by atoms with van der Waals surface area (Å²) < 4.78 is 0. The number of thiophene rings is 1. The van der Waals surface area contributed by atoms with Crippen LogP contribution < -0.4 is 5.32 Å². The van der Waals surface area contributed by atoms with Crippen molar-refractivity contribution in [2.24, 2.45) is 5.41 Å². The van der Waals surface area contributed by atoms with Gasteiger partial charge >= 0.3 is 0 Å². The molecule has 1 nitrogen and oxygen atoms in total. The first kappa shape index (κ1) is 14.1. The minimum atomic E-state index is 0.569. The lowest BCUT2D eigenvalue weighted by molar-refractivity contribution is 0.185. The van der Waals surface area contributed by atoms with Crippen molar-refractivity contribution in [1.82, 2.24) is 5.32 Å². The lowest BCUT2D eigenvalue weighted by Crippen LogP contribution is -2.45. The van der Waals surface area contributed by atoms with Crippen LogP contribution >= 0.6 is 11.3 Å². The summed E-state index contributed by atoms with van der Waals surface area (Å²) in [5.74, 6) is 0. The Balaban J connectivity index is 2.07. The highest BCUT2D eigenvalue weighted by Gasteiger charge is 2.39. The third-order valence-corrected chi connectivity index (χ3v) is 5.57. The van der Waals surface area contributed by atoms with Gasteiger partial charge in [0.2, 0.25) is 0 Å². The van der Waals surface area contributed by atoms with Crippen molar-refractivity contribution in [3.05, 3.63) is 22.4 Å². The SMILES string of the molecule is CCCNC(Cc1cccs1)C1(CC)CCCC1. The summed E-state index contributed by atoms with van der Waals surface area (Å²) in [6.45, 7) is 5.82. The number of nitrogens with one attached hydrogen (secondary N) is 1. The van der Waals surface area contributed by atoms with Crippen molar-refractivity contribution in [3.63, 3.8) is 0 Å².